The largest absolute Gasteiger partial charge is 0.508 e. The van der Waals surface area contributed by atoms with E-state index in [1.165, 1.54) is 30.3 Å². The summed E-state index contributed by atoms with van der Waals surface area (Å²) < 4.78 is 47.1. The van der Waals surface area contributed by atoms with Gasteiger partial charge in [-0.3, -0.25) is 9.59 Å². The second-order valence-electron chi connectivity index (χ2n) is 7.31. The molecule has 0 aromatic heterocycles. The minimum Gasteiger partial charge on any atom is -0.484 e. The fourth-order valence-corrected chi connectivity index (χ4v) is 3.09. The molecule has 2 rings (SSSR count). The average molecular weight is 561 g/mol. The lowest BCUT2D eigenvalue weighted by Gasteiger charge is -2.25. The molecule has 0 radical (unpaired) electrons. The maximum absolute atomic E-state index is 13.5. The summed E-state index contributed by atoms with van der Waals surface area (Å²) in [6.07, 6.45) is -0.615. The normalized spacial score (nSPS) is 12.0. The van der Waals surface area contributed by atoms with Gasteiger partial charge in [-0.15, -0.1) is 6.58 Å². The first-order valence-electron chi connectivity index (χ1n) is 10.7. The molecule has 2 amide bonds. The molecular weight excluding hydrogens is 537 g/mol. The van der Waals surface area contributed by atoms with E-state index in [1.54, 1.807) is 0 Å². The molecule has 200 valence electrons. The molecule has 13 heteroatoms. The van der Waals surface area contributed by atoms with Gasteiger partial charge in [0.25, 0.3) is 11.8 Å². The van der Waals surface area contributed by atoms with Crippen LogP contribution in [0.1, 0.15) is 6.42 Å². The van der Waals surface area contributed by atoms with E-state index in [-0.39, 0.29) is 34.5 Å². The lowest BCUT2D eigenvalue weighted by atomic mass is 10.1. The maximum Gasteiger partial charge on any atom is 0.508 e. The SMILES string of the molecule is C=CC(NC(=O)COc1ccc(Cl)c(F)c1)[C@H](CCNC(=O)COc1ccc(Cl)c(F)c1)OC(=O)OC. The number of nitrogens with one attached hydrogen (secondary N) is 2. The summed E-state index contributed by atoms with van der Waals surface area (Å²) in [6, 6.07) is 6.56. The van der Waals surface area contributed by atoms with Gasteiger partial charge in [0, 0.05) is 25.1 Å². The molecule has 0 saturated heterocycles. The Morgan fingerprint density at radius 3 is 2.00 bits per heavy atom. The number of halogens is 4. The Bertz CT molecular complexity index is 1120. The van der Waals surface area contributed by atoms with Gasteiger partial charge < -0.3 is 29.6 Å². The predicted molar refractivity (Wildman–Crippen MR) is 131 cm³/mol. The van der Waals surface area contributed by atoms with E-state index in [0.29, 0.717) is 0 Å². The standard InChI is InChI=1S/C24H24Cl2F2N2O7/c1-3-20(30-23(32)13-36-15-5-7-17(26)19(28)11-15)21(37-24(33)34-2)8-9-29-22(31)12-35-14-4-6-16(25)18(27)10-14/h3-7,10-11,20-21H,1,8-9,12-13H2,2H3,(H,29,31)(H,30,32)/t20?,21-/m0/s1. The van der Waals surface area contributed by atoms with E-state index in [1.807, 2.05) is 0 Å². The Morgan fingerprint density at radius 2 is 1.51 bits per heavy atom. The number of benzene rings is 2. The van der Waals surface area contributed by atoms with E-state index >= 15 is 0 Å². The van der Waals surface area contributed by atoms with Crippen LogP contribution in [0.5, 0.6) is 11.5 Å². The fraction of sp³-hybridized carbons (Fsp3) is 0.292. The first-order chi connectivity index (χ1) is 17.6. The van der Waals surface area contributed by atoms with Gasteiger partial charge >= 0.3 is 6.16 Å². The van der Waals surface area contributed by atoms with Crippen molar-refractivity contribution in [3.8, 4) is 11.5 Å². The van der Waals surface area contributed by atoms with Crippen molar-refractivity contribution in [3.63, 3.8) is 0 Å². The molecule has 9 nitrogen and oxygen atoms in total. The zero-order valence-electron chi connectivity index (χ0n) is 19.6. The highest BCUT2D eigenvalue weighted by atomic mass is 35.5. The van der Waals surface area contributed by atoms with Gasteiger partial charge in [-0.1, -0.05) is 29.3 Å². The molecule has 2 atom stereocenters. The van der Waals surface area contributed by atoms with Crippen molar-refractivity contribution in [3.05, 3.63) is 70.7 Å². The van der Waals surface area contributed by atoms with Gasteiger partial charge in [-0.2, -0.15) is 0 Å². The van der Waals surface area contributed by atoms with Crippen LogP contribution in [0.15, 0.2) is 49.1 Å². The number of amides is 2. The summed E-state index contributed by atoms with van der Waals surface area (Å²) in [5, 5.41) is 4.95. The summed E-state index contributed by atoms with van der Waals surface area (Å²) in [5.41, 5.74) is 0. The van der Waals surface area contributed by atoms with E-state index in [0.717, 1.165) is 19.2 Å². The highest BCUT2D eigenvalue weighted by Gasteiger charge is 2.25. The molecule has 1 unspecified atom stereocenters. The van der Waals surface area contributed by atoms with Crippen molar-refractivity contribution in [2.45, 2.75) is 18.6 Å². The van der Waals surface area contributed by atoms with Crippen LogP contribution in [0.2, 0.25) is 10.0 Å². The zero-order valence-corrected chi connectivity index (χ0v) is 21.1. The molecule has 0 aliphatic heterocycles. The summed E-state index contributed by atoms with van der Waals surface area (Å²) in [5.74, 6) is -2.35. The van der Waals surface area contributed by atoms with Crippen molar-refractivity contribution < 1.29 is 42.1 Å². The van der Waals surface area contributed by atoms with Crippen LogP contribution < -0.4 is 20.1 Å². The molecule has 0 spiro atoms. The average Bonchev–Trinajstić information content (AvgIpc) is 2.88. The Hall–Kier alpha value is -3.57. The van der Waals surface area contributed by atoms with Crippen LogP contribution in [0, 0.1) is 11.6 Å². The van der Waals surface area contributed by atoms with E-state index in [2.05, 4.69) is 21.9 Å². The highest BCUT2D eigenvalue weighted by Crippen LogP contribution is 2.21. The van der Waals surface area contributed by atoms with Gasteiger partial charge in [0.15, 0.2) is 13.2 Å². The van der Waals surface area contributed by atoms with Gasteiger partial charge in [-0.05, 0) is 24.3 Å². The lowest BCUT2D eigenvalue weighted by molar-refractivity contribution is -0.125. The summed E-state index contributed by atoms with van der Waals surface area (Å²) in [4.78, 5) is 36.1. The van der Waals surface area contributed by atoms with Gasteiger partial charge in [-0.25, -0.2) is 13.6 Å². The third-order valence-corrected chi connectivity index (χ3v) is 5.28. The number of hydrogen-bond acceptors (Lipinski definition) is 7. The van der Waals surface area contributed by atoms with Crippen LogP contribution in [0.25, 0.3) is 0 Å². The predicted octanol–water partition coefficient (Wildman–Crippen LogP) is 4.06. The number of hydrogen-bond donors (Lipinski definition) is 2. The number of ether oxygens (including phenoxy) is 4. The molecule has 0 heterocycles. The van der Waals surface area contributed by atoms with Crippen LogP contribution in [0.4, 0.5) is 13.6 Å². The van der Waals surface area contributed by atoms with Gasteiger partial charge in [0.1, 0.15) is 29.2 Å². The molecule has 2 aromatic rings. The third-order valence-electron chi connectivity index (χ3n) is 4.67. The topological polar surface area (TPSA) is 112 Å². The van der Waals surface area contributed by atoms with Crippen LogP contribution in [-0.2, 0) is 19.1 Å². The molecule has 0 saturated carbocycles. The van der Waals surface area contributed by atoms with Gasteiger partial charge in [0.2, 0.25) is 0 Å². The number of carbonyl (C=O) groups is 3. The Balaban J connectivity index is 1.88. The van der Waals surface area contributed by atoms with Crippen LogP contribution in [-0.4, -0.2) is 57.0 Å². The highest BCUT2D eigenvalue weighted by molar-refractivity contribution is 6.31. The molecular formula is C24H24Cl2F2N2O7. The minimum atomic E-state index is -1.02. The molecule has 37 heavy (non-hydrogen) atoms. The van der Waals surface area contributed by atoms with Crippen molar-refractivity contribution in [1.82, 2.24) is 10.6 Å². The smallest absolute Gasteiger partial charge is 0.484 e. The van der Waals surface area contributed by atoms with E-state index in [9.17, 15) is 23.2 Å². The first-order valence-corrected chi connectivity index (χ1v) is 11.5. The maximum atomic E-state index is 13.5. The monoisotopic (exact) mass is 560 g/mol. The van der Waals surface area contributed by atoms with Crippen molar-refractivity contribution in [1.29, 1.82) is 0 Å². The third kappa shape index (κ3) is 10.1. The van der Waals surface area contributed by atoms with E-state index in [4.69, 9.17) is 37.4 Å². The molecule has 2 aromatic carbocycles. The second kappa shape index (κ2) is 14.9. The van der Waals surface area contributed by atoms with Gasteiger partial charge in [0.05, 0.1) is 23.2 Å². The molecule has 0 fully saturated rings. The molecule has 2 N–H and O–H groups in total. The molecule has 0 aliphatic rings. The van der Waals surface area contributed by atoms with Crippen molar-refractivity contribution >= 4 is 41.2 Å². The van der Waals surface area contributed by atoms with Crippen LogP contribution >= 0.6 is 23.2 Å². The summed E-state index contributed by atoms with van der Waals surface area (Å²) >= 11 is 11.2. The number of methoxy groups -OCH3 is 1. The quantitative estimate of drug-likeness (QED) is 0.280. The van der Waals surface area contributed by atoms with E-state index < -0.39 is 55.0 Å². The lowest BCUT2D eigenvalue weighted by Crippen LogP contribution is -2.47. The van der Waals surface area contributed by atoms with Crippen LogP contribution in [0.3, 0.4) is 0 Å². The Labute approximate surface area is 221 Å². The summed E-state index contributed by atoms with van der Waals surface area (Å²) in [7, 11) is 1.11. The zero-order chi connectivity index (χ0) is 27.4. The van der Waals surface area contributed by atoms with Crippen molar-refractivity contribution in [2.24, 2.45) is 0 Å². The number of carbonyl (C=O) groups excluding carboxylic acids is 3. The molecule has 0 aliphatic carbocycles. The summed E-state index contributed by atoms with van der Waals surface area (Å²) in [6.45, 7) is 2.76. The Kier molecular flexibility index (Phi) is 11.9. The fourth-order valence-electron chi connectivity index (χ4n) is 2.85. The second-order valence-corrected chi connectivity index (χ2v) is 8.12. The minimum absolute atomic E-state index is 0.0135. The molecule has 0 bridgehead atoms. The number of rotatable bonds is 13. The first kappa shape index (κ1) is 29.7. The Morgan fingerprint density at radius 1 is 0.973 bits per heavy atom. The van der Waals surface area contributed by atoms with Crippen molar-refractivity contribution in [2.75, 3.05) is 26.9 Å².